The highest BCUT2D eigenvalue weighted by molar-refractivity contribution is 5.34. The van der Waals surface area contributed by atoms with Crippen molar-refractivity contribution in [1.29, 1.82) is 0 Å². The second-order valence-corrected chi connectivity index (χ2v) is 4.26. The SMILES string of the molecule is CCc1nc(CC)n(-c2ccc(CNC)cc2)n1. The van der Waals surface area contributed by atoms with Crippen LogP contribution in [0.25, 0.3) is 5.69 Å². The summed E-state index contributed by atoms with van der Waals surface area (Å²) in [5.41, 5.74) is 2.36. The summed E-state index contributed by atoms with van der Waals surface area (Å²) in [6, 6.07) is 8.44. The van der Waals surface area contributed by atoms with E-state index in [2.05, 4.69) is 53.5 Å². The topological polar surface area (TPSA) is 42.7 Å². The zero-order valence-corrected chi connectivity index (χ0v) is 11.3. The van der Waals surface area contributed by atoms with Crippen molar-refractivity contribution < 1.29 is 0 Å². The highest BCUT2D eigenvalue weighted by Crippen LogP contribution is 2.12. The molecule has 0 spiro atoms. The Morgan fingerprint density at radius 3 is 2.39 bits per heavy atom. The zero-order valence-electron chi connectivity index (χ0n) is 11.3. The maximum Gasteiger partial charge on any atom is 0.151 e. The number of nitrogens with one attached hydrogen (secondary N) is 1. The molecule has 2 aromatic rings. The summed E-state index contributed by atoms with van der Waals surface area (Å²) >= 11 is 0. The van der Waals surface area contributed by atoms with Gasteiger partial charge in [-0.05, 0) is 24.7 Å². The molecule has 18 heavy (non-hydrogen) atoms. The van der Waals surface area contributed by atoms with Crippen molar-refractivity contribution in [2.75, 3.05) is 7.05 Å². The Hall–Kier alpha value is -1.68. The minimum atomic E-state index is 0.873. The van der Waals surface area contributed by atoms with Gasteiger partial charge in [0.2, 0.25) is 0 Å². The van der Waals surface area contributed by atoms with Gasteiger partial charge in [-0.15, -0.1) is 0 Å². The lowest BCUT2D eigenvalue weighted by atomic mass is 10.2. The smallest absolute Gasteiger partial charge is 0.151 e. The number of hydrogen-bond donors (Lipinski definition) is 1. The Morgan fingerprint density at radius 1 is 1.11 bits per heavy atom. The van der Waals surface area contributed by atoms with E-state index in [1.807, 2.05) is 11.7 Å². The molecule has 2 rings (SSSR count). The molecule has 4 heteroatoms. The Labute approximate surface area is 108 Å². The molecular weight excluding hydrogens is 224 g/mol. The van der Waals surface area contributed by atoms with E-state index in [0.29, 0.717) is 0 Å². The molecule has 96 valence electrons. The molecule has 0 unspecified atom stereocenters. The van der Waals surface area contributed by atoms with E-state index in [0.717, 1.165) is 36.7 Å². The average molecular weight is 244 g/mol. The largest absolute Gasteiger partial charge is 0.316 e. The molecule has 0 bridgehead atoms. The highest BCUT2D eigenvalue weighted by atomic mass is 15.3. The van der Waals surface area contributed by atoms with Gasteiger partial charge in [0.25, 0.3) is 0 Å². The molecule has 0 atom stereocenters. The number of aromatic nitrogens is 3. The van der Waals surface area contributed by atoms with Gasteiger partial charge in [0.15, 0.2) is 5.82 Å². The average Bonchev–Trinajstić information content (AvgIpc) is 2.83. The molecule has 0 saturated carbocycles. The van der Waals surface area contributed by atoms with Gasteiger partial charge < -0.3 is 5.32 Å². The lowest BCUT2D eigenvalue weighted by molar-refractivity contribution is 0.786. The molecule has 0 aliphatic heterocycles. The van der Waals surface area contributed by atoms with Crippen LogP contribution in [0, 0.1) is 0 Å². The van der Waals surface area contributed by atoms with E-state index in [-0.39, 0.29) is 0 Å². The Balaban J connectivity index is 2.32. The van der Waals surface area contributed by atoms with Crippen LogP contribution in [-0.4, -0.2) is 21.8 Å². The minimum absolute atomic E-state index is 0.873. The number of aryl methyl sites for hydroxylation is 2. The standard InChI is InChI=1S/C14H20N4/c1-4-13-16-14(5-2)18(17-13)12-8-6-11(7-9-12)10-15-3/h6-9,15H,4-5,10H2,1-3H3. The Bertz CT molecular complexity index is 499. The second kappa shape index (κ2) is 5.78. The van der Waals surface area contributed by atoms with Crippen LogP contribution in [0.1, 0.15) is 31.1 Å². The maximum atomic E-state index is 4.54. The van der Waals surface area contributed by atoms with Crippen molar-refractivity contribution in [2.24, 2.45) is 0 Å². The van der Waals surface area contributed by atoms with Gasteiger partial charge in [0.05, 0.1) is 5.69 Å². The van der Waals surface area contributed by atoms with Crippen LogP contribution >= 0.6 is 0 Å². The van der Waals surface area contributed by atoms with Crippen LogP contribution in [0.3, 0.4) is 0 Å². The van der Waals surface area contributed by atoms with E-state index >= 15 is 0 Å². The maximum absolute atomic E-state index is 4.54. The van der Waals surface area contributed by atoms with Crippen molar-refractivity contribution in [3.8, 4) is 5.69 Å². The number of hydrogen-bond acceptors (Lipinski definition) is 3. The molecule has 1 aromatic carbocycles. The third-order valence-electron chi connectivity index (χ3n) is 2.91. The fourth-order valence-electron chi connectivity index (χ4n) is 1.94. The quantitative estimate of drug-likeness (QED) is 0.876. The first-order chi connectivity index (χ1) is 8.78. The van der Waals surface area contributed by atoms with Gasteiger partial charge >= 0.3 is 0 Å². The van der Waals surface area contributed by atoms with Gasteiger partial charge in [0, 0.05) is 19.4 Å². The first-order valence-electron chi connectivity index (χ1n) is 6.47. The predicted molar refractivity (Wildman–Crippen MR) is 72.9 cm³/mol. The first-order valence-corrected chi connectivity index (χ1v) is 6.47. The van der Waals surface area contributed by atoms with Gasteiger partial charge in [-0.1, -0.05) is 26.0 Å². The summed E-state index contributed by atoms with van der Waals surface area (Å²) < 4.78 is 1.95. The van der Waals surface area contributed by atoms with Crippen LogP contribution in [-0.2, 0) is 19.4 Å². The van der Waals surface area contributed by atoms with Crippen molar-refractivity contribution in [1.82, 2.24) is 20.1 Å². The summed E-state index contributed by atoms with van der Waals surface area (Å²) in [5, 5.41) is 7.68. The normalized spacial score (nSPS) is 10.8. The molecule has 4 nitrogen and oxygen atoms in total. The molecule has 1 heterocycles. The molecule has 1 N–H and O–H groups in total. The van der Waals surface area contributed by atoms with Gasteiger partial charge in [-0.25, -0.2) is 9.67 Å². The summed E-state index contributed by atoms with van der Waals surface area (Å²) in [6.07, 6.45) is 1.77. The molecule has 0 fully saturated rings. The second-order valence-electron chi connectivity index (χ2n) is 4.26. The molecule has 0 aliphatic carbocycles. The van der Waals surface area contributed by atoms with E-state index in [1.54, 1.807) is 0 Å². The number of benzene rings is 1. The molecule has 0 radical (unpaired) electrons. The summed E-state index contributed by atoms with van der Waals surface area (Å²) in [4.78, 5) is 4.52. The van der Waals surface area contributed by atoms with E-state index in [4.69, 9.17) is 0 Å². The van der Waals surface area contributed by atoms with E-state index < -0.39 is 0 Å². The van der Waals surface area contributed by atoms with Crippen molar-refractivity contribution in [3.05, 3.63) is 41.5 Å². The molecule has 0 aliphatic rings. The fourth-order valence-corrected chi connectivity index (χ4v) is 1.94. The van der Waals surface area contributed by atoms with E-state index in [1.165, 1.54) is 5.56 Å². The third-order valence-corrected chi connectivity index (χ3v) is 2.91. The van der Waals surface area contributed by atoms with Crippen LogP contribution in [0.15, 0.2) is 24.3 Å². The summed E-state index contributed by atoms with van der Waals surface area (Å²) in [7, 11) is 1.95. The predicted octanol–water partition coefficient (Wildman–Crippen LogP) is 2.11. The van der Waals surface area contributed by atoms with Crippen molar-refractivity contribution >= 4 is 0 Å². The minimum Gasteiger partial charge on any atom is -0.316 e. The number of nitrogens with zero attached hydrogens (tertiary/aromatic N) is 3. The molecule has 0 saturated heterocycles. The lowest BCUT2D eigenvalue weighted by Gasteiger charge is -2.05. The van der Waals surface area contributed by atoms with Gasteiger partial charge in [-0.2, -0.15) is 5.10 Å². The summed E-state index contributed by atoms with van der Waals surface area (Å²) in [6.45, 7) is 5.07. The third kappa shape index (κ3) is 2.59. The lowest BCUT2D eigenvalue weighted by Crippen LogP contribution is -2.06. The number of rotatable bonds is 5. The first kappa shape index (κ1) is 12.8. The monoisotopic (exact) mass is 244 g/mol. The van der Waals surface area contributed by atoms with Crippen LogP contribution in [0.5, 0.6) is 0 Å². The summed E-state index contributed by atoms with van der Waals surface area (Å²) in [5.74, 6) is 1.93. The van der Waals surface area contributed by atoms with E-state index in [9.17, 15) is 0 Å². The Kier molecular flexibility index (Phi) is 4.10. The van der Waals surface area contributed by atoms with Gasteiger partial charge in [-0.3, -0.25) is 0 Å². The molecule has 1 aromatic heterocycles. The van der Waals surface area contributed by atoms with Crippen molar-refractivity contribution in [2.45, 2.75) is 33.2 Å². The fraction of sp³-hybridized carbons (Fsp3) is 0.429. The zero-order chi connectivity index (χ0) is 13.0. The van der Waals surface area contributed by atoms with Gasteiger partial charge in [0.1, 0.15) is 5.82 Å². The van der Waals surface area contributed by atoms with Crippen LogP contribution in [0.2, 0.25) is 0 Å². The van der Waals surface area contributed by atoms with Crippen LogP contribution < -0.4 is 5.32 Å². The highest BCUT2D eigenvalue weighted by Gasteiger charge is 2.08. The Morgan fingerprint density at radius 2 is 1.83 bits per heavy atom. The molecular formula is C14H20N4. The molecule has 0 amide bonds. The van der Waals surface area contributed by atoms with Crippen LogP contribution in [0.4, 0.5) is 0 Å². The van der Waals surface area contributed by atoms with Crippen molar-refractivity contribution in [3.63, 3.8) is 0 Å².